The molecule has 4 heteroatoms. The van der Waals surface area contributed by atoms with Gasteiger partial charge in [0.25, 0.3) is 0 Å². The van der Waals surface area contributed by atoms with E-state index in [-0.39, 0.29) is 12.5 Å². The molecule has 4 nitrogen and oxygen atoms in total. The third-order valence-corrected chi connectivity index (χ3v) is 5.52. The lowest BCUT2D eigenvalue weighted by molar-refractivity contribution is -0.128. The number of nitrogens with one attached hydrogen (secondary N) is 1. The summed E-state index contributed by atoms with van der Waals surface area (Å²) in [5, 5.41) is 3.07. The molecule has 1 saturated heterocycles. The SMILES string of the molecule is O=C(COC1CCCCC1)NCC1CCN(CCc2ccccc2)C1. The van der Waals surface area contributed by atoms with Gasteiger partial charge >= 0.3 is 0 Å². The Labute approximate surface area is 151 Å². The highest BCUT2D eigenvalue weighted by molar-refractivity contribution is 5.77. The van der Waals surface area contributed by atoms with Crippen LogP contribution in [0, 0.1) is 5.92 Å². The predicted octanol–water partition coefficient (Wildman–Crippen LogP) is 3.02. The molecule has 1 amide bonds. The molecule has 1 atom stereocenters. The van der Waals surface area contributed by atoms with E-state index < -0.39 is 0 Å². The van der Waals surface area contributed by atoms with Crippen LogP contribution in [0.15, 0.2) is 30.3 Å². The van der Waals surface area contributed by atoms with Gasteiger partial charge in [0.15, 0.2) is 0 Å². The topological polar surface area (TPSA) is 41.6 Å². The Morgan fingerprint density at radius 1 is 1.12 bits per heavy atom. The molecule has 1 aliphatic carbocycles. The van der Waals surface area contributed by atoms with Crippen LogP contribution in [-0.2, 0) is 16.0 Å². The van der Waals surface area contributed by atoms with Crippen LogP contribution in [0.4, 0.5) is 0 Å². The highest BCUT2D eigenvalue weighted by Crippen LogP contribution is 2.20. The second-order valence-corrected chi connectivity index (χ2v) is 7.57. The first-order chi connectivity index (χ1) is 12.3. The highest BCUT2D eigenvalue weighted by Gasteiger charge is 2.22. The summed E-state index contributed by atoms with van der Waals surface area (Å²) in [5.41, 5.74) is 1.40. The lowest BCUT2D eigenvalue weighted by Gasteiger charge is -2.22. The molecule has 1 N–H and O–H groups in total. The standard InChI is InChI=1S/C21H32N2O2/c24-21(17-25-20-9-5-2-6-10-20)22-15-19-12-14-23(16-19)13-11-18-7-3-1-4-8-18/h1,3-4,7-8,19-20H,2,5-6,9-17H2,(H,22,24). The van der Waals surface area contributed by atoms with Crippen LogP contribution in [0.25, 0.3) is 0 Å². The Kier molecular flexibility index (Phi) is 7.31. The summed E-state index contributed by atoms with van der Waals surface area (Å²) in [7, 11) is 0. The number of amides is 1. The maximum atomic E-state index is 12.0. The lowest BCUT2D eigenvalue weighted by atomic mass is 9.98. The summed E-state index contributed by atoms with van der Waals surface area (Å²) >= 11 is 0. The zero-order valence-corrected chi connectivity index (χ0v) is 15.3. The number of carbonyl (C=O) groups excluding carboxylic acids is 1. The normalized spacial score (nSPS) is 22.2. The smallest absolute Gasteiger partial charge is 0.246 e. The molecule has 1 heterocycles. The van der Waals surface area contributed by atoms with E-state index in [1.807, 2.05) is 0 Å². The first kappa shape index (κ1) is 18.4. The lowest BCUT2D eigenvalue weighted by Crippen LogP contribution is -2.35. The van der Waals surface area contributed by atoms with Crippen LogP contribution in [0.5, 0.6) is 0 Å². The van der Waals surface area contributed by atoms with E-state index >= 15 is 0 Å². The van der Waals surface area contributed by atoms with Gasteiger partial charge in [-0.05, 0) is 43.7 Å². The molecule has 1 unspecified atom stereocenters. The molecular formula is C21H32N2O2. The maximum absolute atomic E-state index is 12.0. The van der Waals surface area contributed by atoms with Gasteiger partial charge in [0.2, 0.25) is 5.91 Å². The van der Waals surface area contributed by atoms with Crippen molar-refractivity contribution in [2.45, 2.75) is 51.0 Å². The molecule has 0 bridgehead atoms. The number of hydrogen-bond donors (Lipinski definition) is 1. The van der Waals surface area contributed by atoms with Crippen LogP contribution >= 0.6 is 0 Å². The van der Waals surface area contributed by atoms with E-state index in [9.17, 15) is 4.79 Å². The van der Waals surface area contributed by atoms with Crippen molar-refractivity contribution in [3.8, 4) is 0 Å². The summed E-state index contributed by atoms with van der Waals surface area (Å²) in [6.07, 6.45) is 8.63. The van der Waals surface area contributed by atoms with Gasteiger partial charge in [0.1, 0.15) is 6.61 Å². The Hall–Kier alpha value is -1.39. The molecule has 3 rings (SSSR count). The molecule has 2 fully saturated rings. The average Bonchev–Trinajstić information content (AvgIpc) is 3.13. The van der Waals surface area contributed by atoms with E-state index in [0.717, 1.165) is 45.4 Å². The van der Waals surface area contributed by atoms with Crippen molar-refractivity contribution in [1.29, 1.82) is 0 Å². The molecule has 1 aromatic carbocycles. The van der Waals surface area contributed by atoms with Gasteiger partial charge in [-0.25, -0.2) is 0 Å². The molecule has 1 aromatic rings. The fourth-order valence-corrected chi connectivity index (χ4v) is 3.95. The predicted molar refractivity (Wildman–Crippen MR) is 101 cm³/mol. The van der Waals surface area contributed by atoms with E-state index in [0.29, 0.717) is 12.0 Å². The van der Waals surface area contributed by atoms with Gasteiger partial charge in [-0.2, -0.15) is 0 Å². The fraction of sp³-hybridized carbons (Fsp3) is 0.667. The van der Waals surface area contributed by atoms with E-state index in [4.69, 9.17) is 4.74 Å². The number of carbonyl (C=O) groups is 1. The van der Waals surface area contributed by atoms with Crippen molar-refractivity contribution in [3.63, 3.8) is 0 Å². The minimum atomic E-state index is 0.0494. The van der Waals surface area contributed by atoms with Crippen molar-refractivity contribution in [1.82, 2.24) is 10.2 Å². The van der Waals surface area contributed by atoms with Gasteiger partial charge in [0.05, 0.1) is 6.10 Å². The zero-order valence-electron chi connectivity index (χ0n) is 15.3. The van der Waals surface area contributed by atoms with Crippen LogP contribution < -0.4 is 5.32 Å². The van der Waals surface area contributed by atoms with Crippen molar-refractivity contribution in [2.75, 3.05) is 32.8 Å². The van der Waals surface area contributed by atoms with Crippen molar-refractivity contribution in [2.24, 2.45) is 5.92 Å². The van der Waals surface area contributed by atoms with Gasteiger partial charge < -0.3 is 15.0 Å². The second kappa shape index (κ2) is 9.93. The Bertz CT molecular complexity index is 514. The molecular weight excluding hydrogens is 312 g/mol. The summed E-state index contributed by atoms with van der Waals surface area (Å²) < 4.78 is 5.75. The summed E-state index contributed by atoms with van der Waals surface area (Å²) in [6.45, 7) is 4.37. The number of ether oxygens (including phenoxy) is 1. The number of rotatable bonds is 8. The van der Waals surface area contributed by atoms with Crippen LogP contribution in [0.1, 0.15) is 44.1 Å². The number of likely N-dealkylation sites (tertiary alicyclic amines) is 1. The van der Waals surface area contributed by atoms with Crippen molar-refractivity contribution < 1.29 is 9.53 Å². The molecule has 0 radical (unpaired) electrons. The maximum Gasteiger partial charge on any atom is 0.246 e. The monoisotopic (exact) mass is 344 g/mol. The van der Waals surface area contributed by atoms with E-state index in [1.165, 1.54) is 31.2 Å². The Balaban J connectivity index is 1.27. The first-order valence-corrected chi connectivity index (χ1v) is 9.94. The van der Waals surface area contributed by atoms with Gasteiger partial charge in [0, 0.05) is 19.6 Å². The largest absolute Gasteiger partial charge is 0.368 e. The molecule has 25 heavy (non-hydrogen) atoms. The van der Waals surface area contributed by atoms with Crippen LogP contribution in [0.3, 0.4) is 0 Å². The number of hydrogen-bond acceptors (Lipinski definition) is 3. The quantitative estimate of drug-likeness (QED) is 0.788. The average molecular weight is 344 g/mol. The van der Waals surface area contributed by atoms with Gasteiger partial charge in [-0.1, -0.05) is 49.6 Å². The van der Waals surface area contributed by atoms with Crippen molar-refractivity contribution in [3.05, 3.63) is 35.9 Å². The summed E-state index contributed by atoms with van der Waals surface area (Å²) in [5.74, 6) is 0.628. The first-order valence-electron chi connectivity index (χ1n) is 9.94. The second-order valence-electron chi connectivity index (χ2n) is 7.57. The third kappa shape index (κ3) is 6.44. The molecule has 2 aliphatic rings. The molecule has 1 saturated carbocycles. The minimum Gasteiger partial charge on any atom is -0.368 e. The molecule has 138 valence electrons. The fourth-order valence-electron chi connectivity index (χ4n) is 3.95. The van der Waals surface area contributed by atoms with E-state index in [1.54, 1.807) is 0 Å². The van der Waals surface area contributed by atoms with Gasteiger partial charge in [-0.3, -0.25) is 4.79 Å². The molecule has 0 spiro atoms. The molecule has 1 aliphatic heterocycles. The van der Waals surface area contributed by atoms with Crippen molar-refractivity contribution >= 4 is 5.91 Å². The Morgan fingerprint density at radius 3 is 2.72 bits per heavy atom. The number of benzene rings is 1. The number of nitrogens with zero attached hydrogens (tertiary/aromatic N) is 1. The summed E-state index contributed by atoms with van der Waals surface area (Å²) in [6, 6.07) is 10.7. The minimum absolute atomic E-state index is 0.0494. The zero-order chi connectivity index (χ0) is 17.3. The van der Waals surface area contributed by atoms with E-state index in [2.05, 4.69) is 40.5 Å². The third-order valence-electron chi connectivity index (χ3n) is 5.52. The van der Waals surface area contributed by atoms with Crippen LogP contribution in [-0.4, -0.2) is 49.7 Å². The summed E-state index contributed by atoms with van der Waals surface area (Å²) in [4.78, 5) is 14.5. The molecule has 0 aromatic heterocycles. The van der Waals surface area contributed by atoms with Crippen LogP contribution in [0.2, 0.25) is 0 Å². The Morgan fingerprint density at radius 2 is 1.92 bits per heavy atom. The van der Waals surface area contributed by atoms with Gasteiger partial charge in [-0.15, -0.1) is 0 Å². The highest BCUT2D eigenvalue weighted by atomic mass is 16.5.